The lowest BCUT2D eigenvalue weighted by Crippen LogP contribution is -2.44. The quantitative estimate of drug-likeness (QED) is 0.613. The van der Waals surface area contributed by atoms with Gasteiger partial charge >= 0.3 is 0 Å². The maximum atomic E-state index is 12.8. The maximum Gasteiger partial charge on any atom is 0.242 e. The van der Waals surface area contributed by atoms with Gasteiger partial charge in [-0.05, 0) is 55.7 Å². The van der Waals surface area contributed by atoms with Crippen molar-refractivity contribution in [3.63, 3.8) is 0 Å². The molecule has 7 nitrogen and oxygen atoms in total. The molecule has 0 aliphatic rings. The number of aryl methyl sites for hydroxylation is 1. The van der Waals surface area contributed by atoms with Gasteiger partial charge in [-0.1, -0.05) is 31.5 Å². The molecule has 0 saturated carbocycles. The third-order valence-corrected chi connectivity index (χ3v) is 5.61. The molecule has 0 bridgehead atoms. The third-order valence-electron chi connectivity index (χ3n) is 4.13. The van der Waals surface area contributed by atoms with Gasteiger partial charge in [0.05, 0.1) is 4.90 Å². The summed E-state index contributed by atoms with van der Waals surface area (Å²) in [5.41, 5.74) is 2.06. The Morgan fingerprint density at radius 2 is 1.41 bits per heavy atom. The van der Waals surface area contributed by atoms with Crippen molar-refractivity contribution in [2.24, 2.45) is 5.92 Å². The number of hydrogen-bond donors (Lipinski definition) is 3. The van der Waals surface area contributed by atoms with Crippen LogP contribution in [0.3, 0.4) is 0 Å². The second-order valence-electron chi connectivity index (χ2n) is 7.36. The molecule has 0 saturated heterocycles. The first-order chi connectivity index (χ1) is 13.6. The molecule has 0 spiro atoms. The monoisotopic (exact) mass is 417 g/mol. The smallest absolute Gasteiger partial charge is 0.242 e. The van der Waals surface area contributed by atoms with Crippen molar-refractivity contribution in [3.8, 4) is 0 Å². The predicted octanol–water partition coefficient (Wildman–Crippen LogP) is 3.29. The normalized spacial score (nSPS) is 12.4. The number of sulfonamides is 1. The second-order valence-corrected chi connectivity index (χ2v) is 9.08. The van der Waals surface area contributed by atoms with Crippen molar-refractivity contribution in [1.82, 2.24) is 4.72 Å². The molecular formula is C21H27N3O4S. The average Bonchev–Trinajstić information content (AvgIpc) is 2.62. The summed E-state index contributed by atoms with van der Waals surface area (Å²) < 4.78 is 27.9. The van der Waals surface area contributed by atoms with Crippen molar-refractivity contribution in [2.75, 3.05) is 10.6 Å². The molecule has 3 N–H and O–H groups in total. The zero-order valence-corrected chi connectivity index (χ0v) is 17.8. The van der Waals surface area contributed by atoms with E-state index in [-0.39, 0.29) is 16.7 Å². The molecule has 0 aromatic heterocycles. The van der Waals surface area contributed by atoms with Gasteiger partial charge in [-0.25, -0.2) is 8.42 Å². The Morgan fingerprint density at radius 3 is 1.90 bits per heavy atom. The highest BCUT2D eigenvalue weighted by atomic mass is 32.2. The standard InChI is InChI=1S/C21H27N3O4S/c1-14(2)13-20(24-29(27,28)19-11-5-15(3)6-12-19)21(26)23-18-9-7-17(8-10-18)22-16(4)25/h5-12,14,20,24H,13H2,1-4H3,(H,22,25)(H,23,26). The Hall–Kier alpha value is -2.71. The molecule has 2 amide bonds. The summed E-state index contributed by atoms with van der Waals surface area (Å²) in [6.07, 6.45) is 0.348. The Morgan fingerprint density at radius 1 is 0.897 bits per heavy atom. The van der Waals surface area contributed by atoms with Crippen molar-refractivity contribution >= 4 is 33.2 Å². The summed E-state index contributed by atoms with van der Waals surface area (Å²) in [6, 6.07) is 12.1. The highest BCUT2D eigenvalue weighted by Crippen LogP contribution is 2.17. The zero-order valence-electron chi connectivity index (χ0n) is 17.0. The highest BCUT2D eigenvalue weighted by Gasteiger charge is 2.26. The minimum Gasteiger partial charge on any atom is -0.326 e. The molecule has 2 aromatic carbocycles. The number of hydrogen-bond acceptors (Lipinski definition) is 4. The number of benzene rings is 2. The molecule has 0 fully saturated rings. The SMILES string of the molecule is CC(=O)Nc1ccc(NC(=O)C(CC(C)C)NS(=O)(=O)c2ccc(C)cc2)cc1. The molecule has 156 valence electrons. The van der Waals surface area contributed by atoms with Crippen molar-refractivity contribution < 1.29 is 18.0 Å². The summed E-state index contributed by atoms with van der Waals surface area (Å²) in [6.45, 7) is 7.12. The van der Waals surface area contributed by atoms with E-state index < -0.39 is 22.0 Å². The van der Waals surface area contributed by atoms with Gasteiger partial charge in [-0.2, -0.15) is 4.72 Å². The second kappa shape index (κ2) is 9.67. The number of amides is 2. The number of carbonyl (C=O) groups is 2. The van der Waals surface area contributed by atoms with Crippen molar-refractivity contribution in [2.45, 2.75) is 45.1 Å². The zero-order chi connectivity index (χ0) is 21.6. The molecule has 0 aliphatic carbocycles. The number of anilines is 2. The lowest BCUT2D eigenvalue weighted by Gasteiger charge is -2.20. The minimum atomic E-state index is -3.84. The molecule has 29 heavy (non-hydrogen) atoms. The summed E-state index contributed by atoms with van der Waals surface area (Å²) >= 11 is 0. The summed E-state index contributed by atoms with van der Waals surface area (Å²) in [5, 5.41) is 5.38. The van der Waals surface area contributed by atoms with Crippen LogP contribution in [0, 0.1) is 12.8 Å². The third kappa shape index (κ3) is 6.99. The Labute approximate surface area is 172 Å². The molecule has 0 heterocycles. The first-order valence-electron chi connectivity index (χ1n) is 9.34. The summed E-state index contributed by atoms with van der Waals surface area (Å²) in [7, 11) is -3.84. The van der Waals surface area contributed by atoms with E-state index in [9.17, 15) is 18.0 Å². The van der Waals surface area contributed by atoms with E-state index >= 15 is 0 Å². The Bertz CT molecular complexity index is 952. The van der Waals surface area contributed by atoms with Crippen LogP contribution in [0.15, 0.2) is 53.4 Å². The van der Waals surface area contributed by atoms with E-state index in [4.69, 9.17) is 0 Å². The first-order valence-corrected chi connectivity index (χ1v) is 10.8. The van der Waals surface area contributed by atoms with Gasteiger partial charge in [0.15, 0.2) is 0 Å². The largest absolute Gasteiger partial charge is 0.326 e. The summed E-state index contributed by atoms with van der Waals surface area (Å²) in [4.78, 5) is 24.0. The van der Waals surface area contributed by atoms with Gasteiger partial charge in [0.2, 0.25) is 21.8 Å². The molecule has 1 unspecified atom stereocenters. The fourth-order valence-electron chi connectivity index (χ4n) is 2.72. The van der Waals surface area contributed by atoms with Crippen LogP contribution in [0.2, 0.25) is 0 Å². The maximum absolute atomic E-state index is 12.8. The topological polar surface area (TPSA) is 104 Å². The van der Waals surface area contributed by atoms with Crippen LogP contribution in [0.25, 0.3) is 0 Å². The van der Waals surface area contributed by atoms with E-state index in [1.807, 2.05) is 20.8 Å². The molecule has 0 aliphatic heterocycles. The molecule has 1 atom stereocenters. The van der Waals surface area contributed by atoms with Crippen LogP contribution >= 0.6 is 0 Å². The lowest BCUT2D eigenvalue weighted by molar-refractivity contribution is -0.118. The van der Waals surface area contributed by atoms with Crippen LogP contribution < -0.4 is 15.4 Å². The fraction of sp³-hybridized carbons (Fsp3) is 0.333. The van der Waals surface area contributed by atoms with Crippen LogP contribution in [-0.4, -0.2) is 26.3 Å². The van der Waals surface area contributed by atoms with Crippen LogP contribution in [0.1, 0.15) is 32.8 Å². The van der Waals surface area contributed by atoms with Crippen molar-refractivity contribution in [3.05, 3.63) is 54.1 Å². The molecule has 2 aromatic rings. The summed E-state index contributed by atoms with van der Waals surface area (Å²) in [5.74, 6) is -0.528. The highest BCUT2D eigenvalue weighted by molar-refractivity contribution is 7.89. The number of carbonyl (C=O) groups excluding carboxylic acids is 2. The van der Waals surface area contributed by atoms with Gasteiger partial charge in [-0.3, -0.25) is 9.59 Å². The fourth-order valence-corrected chi connectivity index (χ4v) is 3.93. The van der Waals surface area contributed by atoms with E-state index in [2.05, 4.69) is 15.4 Å². The number of rotatable bonds is 8. The predicted molar refractivity (Wildman–Crippen MR) is 114 cm³/mol. The Balaban J connectivity index is 2.15. The van der Waals surface area contributed by atoms with Gasteiger partial charge in [0.25, 0.3) is 0 Å². The lowest BCUT2D eigenvalue weighted by atomic mass is 10.0. The van der Waals surface area contributed by atoms with E-state index in [0.29, 0.717) is 17.8 Å². The van der Waals surface area contributed by atoms with Gasteiger partial charge < -0.3 is 10.6 Å². The Kier molecular flexibility index (Phi) is 7.53. The number of nitrogens with one attached hydrogen (secondary N) is 3. The van der Waals surface area contributed by atoms with E-state index in [1.54, 1.807) is 36.4 Å². The van der Waals surface area contributed by atoms with Crippen LogP contribution in [0.4, 0.5) is 11.4 Å². The van der Waals surface area contributed by atoms with Gasteiger partial charge in [-0.15, -0.1) is 0 Å². The van der Waals surface area contributed by atoms with E-state index in [1.165, 1.54) is 19.1 Å². The van der Waals surface area contributed by atoms with Gasteiger partial charge in [0, 0.05) is 18.3 Å². The molecule has 2 rings (SSSR count). The first kappa shape index (κ1) is 22.6. The van der Waals surface area contributed by atoms with Gasteiger partial charge in [0.1, 0.15) is 6.04 Å². The molecule has 0 radical (unpaired) electrons. The van der Waals surface area contributed by atoms with Crippen molar-refractivity contribution in [1.29, 1.82) is 0 Å². The van der Waals surface area contributed by atoms with Crippen LogP contribution in [-0.2, 0) is 19.6 Å². The van der Waals surface area contributed by atoms with E-state index in [0.717, 1.165) is 5.56 Å². The van der Waals surface area contributed by atoms with Crippen LogP contribution in [0.5, 0.6) is 0 Å². The average molecular weight is 418 g/mol. The molecule has 8 heteroatoms. The minimum absolute atomic E-state index is 0.105. The molecular weight excluding hydrogens is 390 g/mol.